The molecule has 0 saturated heterocycles. The summed E-state index contributed by atoms with van der Waals surface area (Å²) in [5.41, 5.74) is 15.1. The van der Waals surface area contributed by atoms with Crippen molar-refractivity contribution in [3.63, 3.8) is 0 Å². The summed E-state index contributed by atoms with van der Waals surface area (Å²) in [7, 11) is 9.49. The molecular formula is C100H118Br4N8O4. The molecule has 2 aliphatic rings. The standard InChI is InChI=1S/C100H118N8O4.4BrH/c1-13-105(9,14-2)45-29-33-49-109-79-53-77(54-80(65-79)110-50-34-30-46-106(10,15-3)16-4)95-97-87-61-73-41-25-21-37-69(73)57-83(87)91(101-97)67-93-85-59-71-39-23-27-43-75(71)63-89(85)99(103-93)96(78-55-81(111-51-35-31-47-107(11,17-5)18-6)66-82(56-78)112-52-36-32-48-108(12,19-7)20-8)100-90-64-76-44-28-24-40-72(76)60-86(90)94(104-100)68-92-84-58-70-38-22-26-42-74(70)62-88(84)98(95)102-92;;;;/h21-28,37-44,53-68,101,104H,13-20,29-36,45-52H2,1-12H3;4*1H/q+4;;;;/p-4. The van der Waals surface area contributed by atoms with Gasteiger partial charge in [0, 0.05) is 78.1 Å². The average Bonchev–Trinajstić information content (AvgIpc) is 1.56. The highest BCUT2D eigenvalue weighted by Crippen LogP contribution is 2.51. The Balaban J connectivity index is 0.00000331. The first kappa shape index (κ1) is 88.6. The number of nitrogens with zero attached hydrogens (tertiary/aromatic N) is 6. The molecule has 5 heterocycles. The minimum Gasteiger partial charge on any atom is -1.00 e. The molecule has 0 amide bonds. The Morgan fingerprint density at radius 1 is 0.276 bits per heavy atom. The lowest BCUT2D eigenvalue weighted by atomic mass is 9.93. The van der Waals surface area contributed by atoms with Crippen LogP contribution in [0.25, 0.3) is 154 Å². The molecule has 0 aliphatic carbocycles. The maximum absolute atomic E-state index is 7.06. The second kappa shape index (κ2) is 38.7. The molecule has 0 atom stereocenters. The Morgan fingerprint density at radius 2 is 0.517 bits per heavy atom. The molecule has 2 N–H and O–H groups in total. The number of aromatic nitrogens is 4. The lowest BCUT2D eigenvalue weighted by Gasteiger charge is -2.32. The summed E-state index contributed by atoms with van der Waals surface area (Å²) in [6, 6.07) is 72.0. The third kappa shape index (κ3) is 18.9. The van der Waals surface area contributed by atoms with Crippen molar-refractivity contribution in [3.05, 3.63) is 194 Å². The summed E-state index contributed by atoms with van der Waals surface area (Å²) in [6.45, 7) is 34.0. The Labute approximate surface area is 730 Å². The van der Waals surface area contributed by atoms with Gasteiger partial charge >= 0.3 is 0 Å². The highest BCUT2D eigenvalue weighted by atomic mass is 79.9. The fourth-order valence-corrected chi connectivity index (χ4v) is 17.0. The third-order valence-electron chi connectivity index (χ3n) is 26.1. The fraction of sp³-hybridized carbons (Fsp3) is 0.360. The van der Waals surface area contributed by atoms with Gasteiger partial charge in [-0.25, -0.2) is 9.97 Å². The molecule has 10 aromatic carbocycles. The van der Waals surface area contributed by atoms with Gasteiger partial charge in [-0.3, -0.25) is 0 Å². The molecule has 8 bridgehead atoms. The molecule has 0 saturated carbocycles. The van der Waals surface area contributed by atoms with E-state index in [1.54, 1.807) is 0 Å². The number of nitrogens with one attached hydrogen (secondary N) is 2. The van der Waals surface area contributed by atoms with E-state index in [2.05, 4.69) is 288 Å². The van der Waals surface area contributed by atoms with Crippen LogP contribution in [0.2, 0.25) is 0 Å². The molecule has 12 nitrogen and oxygen atoms in total. The van der Waals surface area contributed by atoms with Gasteiger partial charge < -0.3 is 115 Å². The van der Waals surface area contributed by atoms with E-state index < -0.39 is 0 Å². The number of hydrogen-bond donors (Lipinski definition) is 2. The van der Waals surface area contributed by atoms with Crippen molar-refractivity contribution in [2.24, 2.45) is 0 Å². The molecule has 15 rings (SSSR count). The van der Waals surface area contributed by atoms with E-state index in [-0.39, 0.29) is 67.9 Å². The molecule has 116 heavy (non-hydrogen) atoms. The maximum Gasteiger partial charge on any atom is 0.123 e. The number of halogens is 4. The summed E-state index contributed by atoms with van der Waals surface area (Å²) in [4.78, 5) is 20.9. The van der Waals surface area contributed by atoms with Crippen molar-refractivity contribution in [2.75, 3.05) is 133 Å². The predicted molar refractivity (Wildman–Crippen MR) is 473 cm³/mol. The second-order valence-electron chi connectivity index (χ2n) is 33.0. The van der Waals surface area contributed by atoms with Gasteiger partial charge in [0.25, 0.3) is 0 Å². The number of quaternary nitrogens is 4. The highest BCUT2D eigenvalue weighted by molar-refractivity contribution is 6.21. The van der Waals surface area contributed by atoms with Crippen LogP contribution in [-0.4, -0.2) is 171 Å². The van der Waals surface area contributed by atoms with Crippen LogP contribution in [0.4, 0.5) is 0 Å². The van der Waals surface area contributed by atoms with Gasteiger partial charge in [-0.1, -0.05) is 97.1 Å². The molecule has 610 valence electrons. The maximum atomic E-state index is 7.06. The van der Waals surface area contributed by atoms with Crippen LogP contribution in [0.5, 0.6) is 23.0 Å². The Morgan fingerprint density at radius 3 is 0.776 bits per heavy atom. The summed E-state index contributed by atoms with van der Waals surface area (Å²) >= 11 is 0. The minimum absolute atomic E-state index is 0. The predicted octanol–water partition coefficient (Wildman–Crippen LogP) is 11.8. The van der Waals surface area contributed by atoms with Crippen LogP contribution in [0.15, 0.2) is 194 Å². The van der Waals surface area contributed by atoms with Crippen LogP contribution in [0.1, 0.15) is 107 Å². The largest absolute Gasteiger partial charge is 1.00 e. The number of unbranched alkanes of at least 4 members (excludes halogenated alkanes) is 4. The normalized spacial score (nSPS) is 12.2. The molecule has 0 radical (unpaired) electrons. The highest BCUT2D eigenvalue weighted by Gasteiger charge is 2.30. The first-order valence-electron chi connectivity index (χ1n) is 42.2. The van der Waals surface area contributed by atoms with E-state index in [0.717, 1.165) is 325 Å². The van der Waals surface area contributed by atoms with Crippen LogP contribution >= 0.6 is 0 Å². The minimum atomic E-state index is 0. The van der Waals surface area contributed by atoms with Crippen molar-refractivity contribution in [1.82, 2.24) is 19.9 Å². The fourth-order valence-electron chi connectivity index (χ4n) is 17.0. The molecule has 16 heteroatoms. The smallest absolute Gasteiger partial charge is 0.123 e. The zero-order valence-electron chi connectivity index (χ0n) is 70.3. The van der Waals surface area contributed by atoms with E-state index in [1.807, 2.05) is 0 Å². The number of hydrogen-bond acceptors (Lipinski definition) is 6. The third-order valence-corrected chi connectivity index (χ3v) is 26.1. The van der Waals surface area contributed by atoms with Crippen LogP contribution < -0.4 is 86.9 Å². The van der Waals surface area contributed by atoms with E-state index in [0.29, 0.717) is 26.4 Å². The van der Waals surface area contributed by atoms with Gasteiger partial charge in [0.1, 0.15) is 23.0 Å². The van der Waals surface area contributed by atoms with Crippen LogP contribution in [0, 0.1) is 0 Å². The molecule has 2 aliphatic heterocycles. The van der Waals surface area contributed by atoms with Gasteiger partial charge in [0.2, 0.25) is 0 Å². The quantitative estimate of drug-likeness (QED) is 0.0308. The lowest BCUT2D eigenvalue weighted by molar-refractivity contribution is -0.906. The number of fused-ring (bicyclic) bond motifs is 24. The summed E-state index contributed by atoms with van der Waals surface area (Å²) in [5.74, 6) is 3.09. The zero-order valence-corrected chi connectivity index (χ0v) is 76.6. The number of H-pyrrole nitrogens is 2. The van der Waals surface area contributed by atoms with Gasteiger partial charge in [-0.15, -0.1) is 0 Å². The molecular weight excluding hydrogens is 1700 g/mol. The SMILES string of the molecule is CC[N+](C)(CC)CCCCOc1cc(OCCCC[N+](C)(CC)CC)cc(-c2c3nc(cc4[nH]c(c(-c5cc(OCCCC[N+](C)(CC)CC)cc(OCCCC[N+](C)(CC)CC)c5)c5nc(cc6[nH]c2c2cc7ccccc7cc62)-c2cc6ccccc6cc2-5)c2cc5ccccc5cc42)-c2cc4ccccc4cc2-3)c1.[Br-].[Br-].[Br-].[Br-]. The van der Waals surface area contributed by atoms with E-state index in [1.165, 1.54) is 0 Å². The molecule has 0 fully saturated rings. The first-order chi connectivity index (χ1) is 54.5. The summed E-state index contributed by atoms with van der Waals surface area (Å²) in [5, 5.41) is 13.4. The molecule has 3 aromatic heterocycles. The topological polar surface area (TPSA) is 94.3 Å². The summed E-state index contributed by atoms with van der Waals surface area (Å²) in [6.07, 6.45) is 8.00. The van der Waals surface area contributed by atoms with Gasteiger partial charge in [-0.2, -0.15) is 0 Å². The van der Waals surface area contributed by atoms with Crippen molar-refractivity contribution in [2.45, 2.75) is 107 Å². The molecule has 0 unspecified atom stereocenters. The van der Waals surface area contributed by atoms with Gasteiger partial charge in [0.15, 0.2) is 0 Å². The number of rotatable bonds is 34. The lowest BCUT2D eigenvalue weighted by Crippen LogP contribution is -3.00. The Bertz CT molecular complexity index is 5360. The first-order valence-corrected chi connectivity index (χ1v) is 42.2. The van der Waals surface area contributed by atoms with Crippen molar-refractivity contribution in [3.8, 4) is 90.3 Å². The van der Waals surface area contributed by atoms with Gasteiger partial charge in [0.05, 0.1) is 167 Å². The van der Waals surface area contributed by atoms with E-state index in [4.69, 9.17) is 28.9 Å². The van der Waals surface area contributed by atoms with Gasteiger partial charge in [-0.05, 0) is 246 Å². The average molecular weight is 1820 g/mol. The van der Waals surface area contributed by atoms with E-state index >= 15 is 0 Å². The zero-order chi connectivity index (χ0) is 77.7. The molecule has 13 aromatic rings. The van der Waals surface area contributed by atoms with Crippen molar-refractivity contribution < 1.29 is 105 Å². The van der Waals surface area contributed by atoms with Crippen molar-refractivity contribution in [1.29, 1.82) is 0 Å². The molecule has 0 spiro atoms. The summed E-state index contributed by atoms with van der Waals surface area (Å²) < 4.78 is 32.4. The monoisotopic (exact) mass is 1810 g/mol. The Hall–Kier alpha value is -8.16. The number of ether oxygens (including phenoxy) is 4. The second-order valence-corrected chi connectivity index (χ2v) is 33.0. The van der Waals surface area contributed by atoms with Crippen molar-refractivity contribution >= 4 is 86.7 Å². The number of aromatic amines is 2. The van der Waals surface area contributed by atoms with E-state index in [9.17, 15) is 0 Å². The Kier molecular flexibility index (Phi) is 29.6. The van der Waals surface area contributed by atoms with Crippen LogP contribution in [-0.2, 0) is 0 Å². The van der Waals surface area contributed by atoms with Crippen LogP contribution in [0.3, 0.4) is 0 Å². The number of benzene rings is 10.